The van der Waals surface area contributed by atoms with Crippen LogP contribution >= 0.6 is 0 Å². The highest BCUT2D eigenvalue weighted by atomic mass is 15.1. The summed E-state index contributed by atoms with van der Waals surface area (Å²) in [5, 5.41) is 16.6. The maximum atomic E-state index is 4.35. The fourth-order valence-electron chi connectivity index (χ4n) is 2.99. The summed E-state index contributed by atoms with van der Waals surface area (Å²) in [6.07, 6.45) is 11.8. The summed E-state index contributed by atoms with van der Waals surface area (Å²) < 4.78 is 2.13. The van der Waals surface area contributed by atoms with Gasteiger partial charge < -0.3 is 0 Å². The van der Waals surface area contributed by atoms with Gasteiger partial charge in [0.2, 0.25) is 0 Å². The molecule has 140 valence electrons. The maximum Gasteiger partial charge on any atom is 0.286 e. The smallest absolute Gasteiger partial charge is 0.241 e. The number of nitrogens with zero attached hydrogens (tertiary/aromatic N) is 7. The zero-order chi connectivity index (χ0) is 19.2. The molecule has 0 saturated heterocycles. The van der Waals surface area contributed by atoms with Crippen LogP contribution in [-0.2, 0) is 13.0 Å². The second kappa shape index (κ2) is 8.70. The first kappa shape index (κ1) is 18.9. The third-order valence-corrected chi connectivity index (χ3v) is 4.68. The molecule has 0 spiro atoms. The zero-order valence-electron chi connectivity index (χ0n) is 16.3. The first-order valence-corrected chi connectivity index (χ1v) is 9.31. The summed E-state index contributed by atoms with van der Waals surface area (Å²) in [6, 6.07) is 2.14. The molecule has 3 aromatic heterocycles. The van der Waals surface area contributed by atoms with Gasteiger partial charge in [-0.25, -0.2) is 9.55 Å². The highest BCUT2D eigenvalue weighted by molar-refractivity contribution is 5.18. The monoisotopic (exact) mass is 364 g/mol. The Balaban J connectivity index is 1.70. The van der Waals surface area contributed by atoms with E-state index < -0.39 is 0 Å². The Morgan fingerprint density at radius 1 is 0.889 bits per heavy atom. The molecule has 0 aromatic carbocycles. The van der Waals surface area contributed by atoms with Crippen molar-refractivity contribution in [1.82, 2.24) is 30.4 Å². The summed E-state index contributed by atoms with van der Waals surface area (Å²) >= 11 is 0. The van der Waals surface area contributed by atoms with Crippen molar-refractivity contribution in [2.75, 3.05) is 0 Å². The lowest BCUT2D eigenvalue weighted by atomic mass is 9.98. The van der Waals surface area contributed by atoms with E-state index in [2.05, 4.69) is 74.9 Å². The Morgan fingerprint density at radius 3 is 2.44 bits per heavy atom. The topological polar surface area (TPSA) is 81.2 Å². The quantitative estimate of drug-likeness (QED) is 0.600. The van der Waals surface area contributed by atoms with Crippen molar-refractivity contribution in [1.29, 1.82) is 0 Å². The Hall–Kier alpha value is -2.83. The lowest BCUT2D eigenvalue weighted by molar-refractivity contribution is -0.702. The van der Waals surface area contributed by atoms with E-state index in [1.165, 1.54) is 11.9 Å². The van der Waals surface area contributed by atoms with Gasteiger partial charge >= 0.3 is 0 Å². The molecular weight excluding hydrogens is 338 g/mol. The molecule has 0 fully saturated rings. The Kier molecular flexibility index (Phi) is 6.11. The third kappa shape index (κ3) is 5.09. The van der Waals surface area contributed by atoms with Crippen molar-refractivity contribution in [2.24, 2.45) is 0 Å². The molecule has 0 amide bonds. The number of aromatic nitrogens is 7. The van der Waals surface area contributed by atoms with Gasteiger partial charge in [-0.3, -0.25) is 0 Å². The lowest BCUT2D eigenvalue weighted by Crippen LogP contribution is -2.37. The molecule has 27 heavy (non-hydrogen) atoms. The summed E-state index contributed by atoms with van der Waals surface area (Å²) in [5.41, 5.74) is 4.25. The van der Waals surface area contributed by atoms with Gasteiger partial charge in [0.15, 0.2) is 0 Å². The first-order valence-electron chi connectivity index (χ1n) is 9.31. The molecule has 0 aliphatic carbocycles. The molecule has 3 rings (SSSR count). The Morgan fingerprint density at radius 2 is 1.70 bits per heavy atom. The second-order valence-corrected chi connectivity index (χ2v) is 7.40. The minimum absolute atomic E-state index is 0.222. The molecule has 2 unspecified atom stereocenters. The van der Waals surface area contributed by atoms with Gasteiger partial charge in [-0.15, -0.1) is 5.10 Å². The summed E-state index contributed by atoms with van der Waals surface area (Å²) in [5.74, 6) is 0.917. The summed E-state index contributed by atoms with van der Waals surface area (Å²) in [4.78, 5) is 8.40. The molecule has 7 nitrogen and oxygen atoms in total. The van der Waals surface area contributed by atoms with Crippen LogP contribution in [0.3, 0.4) is 0 Å². The van der Waals surface area contributed by atoms with Crippen molar-refractivity contribution >= 4 is 0 Å². The standard InChI is InChI=1S/C20H26N7/c1-14(2)18-8-22-13-27(11-18)10-16(4)19-6-17(7-23-25-19)5-15(3)20-9-21-12-24-26-20/h6-9,11-16H,5,10H2,1-4H3/q+1. The molecule has 2 atom stereocenters. The second-order valence-electron chi connectivity index (χ2n) is 7.40. The number of hydrogen-bond donors (Lipinski definition) is 0. The highest BCUT2D eigenvalue weighted by Crippen LogP contribution is 2.19. The van der Waals surface area contributed by atoms with Crippen molar-refractivity contribution in [3.63, 3.8) is 0 Å². The van der Waals surface area contributed by atoms with E-state index in [1.54, 1.807) is 6.20 Å². The fraction of sp³-hybridized carbons (Fsp3) is 0.450. The van der Waals surface area contributed by atoms with Gasteiger partial charge in [0.1, 0.15) is 12.5 Å². The van der Waals surface area contributed by atoms with Crippen LogP contribution in [-0.4, -0.2) is 30.4 Å². The van der Waals surface area contributed by atoms with Crippen LogP contribution in [0.1, 0.15) is 68.0 Å². The third-order valence-electron chi connectivity index (χ3n) is 4.68. The van der Waals surface area contributed by atoms with Crippen LogP contribution < -0.4 is 4.57 Å². The van der Waals surface area contributed by atoms with Gasteiger partial charge in [-0.05, 0) is 24.0 Å². The number of hydrogen-bond acceptors (Lipinski definition) is 6. The highest BCUT2D eigenvalue weighted by Gasteiger charge is 2.15. The van der Waals surface area contributed by atoms with Crippen molar-refractivity contribution in [2.45, 2.75) is 58.4 Å². The fourth-order valence-corrected chi connectivity index (χ4v) is 2.99. The van der Waals surface area contributed by atoms with Crippen LogP contribution in [0, 0.1) is 0 Å². The minimum Gasteiger partial charge on any atom is -0.241 e. The molecule has 0 aliphatic heterocycles. The zero-order valence-corrected chi connectivity index (χ0v) is 16.3. The minimum atomic E-state index is 0.222. The average Bonchev–Trinajstić information content (AvgIpc) is 2.69. The average molecular weight is 364 g/mol. The molecule has 0 N–H and O–H groups in total. The Labute approximate surface area is 160 Å². The van der Waals surface area contributed by atoms with E-state index in [0.717, 1.165) is 29.9 Å². The lowest BCUT2D eigenvalue weighted by Gasteiger charge is -2.13. The molecule has 0 radical (unpaired) electrons. The first-order chi connectivity index (χ1) is 13.0. The van der Waals surface area contributed by atoms with Crippen molar-refractivity contribution in [3.05, 3.63) is 66.0 Å². The van der Waals surface area contributed by atoms with Crippen LogP contribution in [0.2, 0.25) is 0 Å². The van der Waals surface area contributed by atoms with Crippen LogP contribution in [0.15, 0.2) is 43.5 Å². The summed E-state index contributed by atoms with van der Waals surface area (Å²) in [6.45, 7) is 9.45. The van der Waals surface area contributed by atoms with E-state index in [1.807, 2.05) is 18.7 Å². The number of rotatable bonds is 7. The van der Waals surface area contributed by atoms with Gasteiger partial charge in [-0.1, -0.05) is 32.7 Å². The molecular formula is C20H26N7+. The van der Waals surface area contributed by atoms with Crippen LogP contribution in [0.5, 0.6) is 0 Å². The molecule has 3 heterocycles. The molecule has 0 bridgehead atoms. The van der Waals surface area contributed by atoms with E-state index in [-0.39, 0.29) is 11.8 Å². The Bertz CT molecular complexity index is 867. The predicted octanol–water partition coefficient (Wildman–Crippen LogP) is 2.62. The largest absolute Gasteiger partial charge is 0.286 e. The van der Waals surface area contributed by atoms with Gasteiger partial charge in [0, 0.05) is 17.4 Å². The van der Waals surface area contributed by atoms with Crippen molar-refractivity contribution in [3.8, 4) is 0 Å². The van der Waals surface area contributed by atoms with Crippen LogP contribution in [0.25, 0.3) is 0 Å². The molecule has 3 aromatic rings. The summed E-state index contributed by atoms with van der Waals surface area (Å²) in [7, 11) is 0. The van der Waals surface area contributed by atoms with E-state index in [4.69, 9.17) is 0 Å². The van der Waals surface area contributed by atoms with Gasteiger partial charge in [0.05, 0.1) is 36.5 Å². The van der Waals surface area contributed by atoms with Crippen molar-refractivity contribution < 1.29 is 4.57 Å². The van der Waals surface area contributed by atoms with E-state index >= 15 is 0 Å². The molecule has 7 heteroatoms. The van der Waals surface area contributed by atoms with Crippen LogP contribution in [0.4, 0.5) is 0 Å². The predicted molar refractivity (Wildman–Crippen MR) is 101 cm³/mol. The normalized spacial score (nSPS) is 13.5. The molecule has 0 saturated carbocycles. The SMILES string of the molecule is CC(C)c1cnc[n+](CC(C)c2cc(CC(C)c3cncnn3)cnn2)c1. The van der Waals surface area contributed by atoms with Gasteiger partial charge in [0.25, 0.3) is 6.33 Å². The van der Waals surface area contributed by atoms with E-state index in [0.29, 0.717) is 5.92 Å². The van der Waals surface area contributed by atoms with E-state index in [9.17, 15) is 0 Å². The van der Waals surface area contributed by atoms with Gasteiger partial charge in [-0.2, -0.15) is 15.3 Å². The maximum absolute atomic E-state index is 4.35. The molecule has 0 aliphatic rings.